The average molecular weight is 398 g/mol. The Morgan fingerprint density at radius 3 is 2.21 bits per heavy atom. The van der Waals surface area contributed by atoms with E-state index in [1.807, 2.05) is 32.0 Å². The van der Waals surface area contributed by atoms with Gasteiger partial charge in [0.05, 0.1) is 20.1 Å². The highest BCUT2D eigenvalue weighted by Gasteiger charge is 2.19. The predicted molar refractivity (Wildman–Crippen MR) is 110 cm³/mol. The zero-order chi connectivity index (χ0) is 21.4. The van der Waals surface area contributed by atoms with Crippen LogP contribution in [-0.2, 0) is 25.5 Å². The number of ether oxygens (including phenoxy) is 2. The molecule has 1 unspecified atom stereocenters. The summed E-state index contributed by atoms with van der Waals surface area (Å²) in [6, 6.07) is 12.7. The van der Waals surface area contributed by atoms with Crippen LogP contribution < -0.4 is 15.4 Å². The lowest BCUT2D eigenvalue weighted by Crippen LogP contribution is -2.40. The van der Waals surface area contributed by atoms with E-state index in [1.54, 1.807) is 31.4 Å². The van der Waals surface area contributed by atoms with E-state index in [4.69, 9.17) is 9.47 Å². The number of carbonyl (C=O) groups is 3. The largest absolute Gasteiger partial charge is 0.497 e. The second kappa shape index (κ2) is 10.3. The second-order valence-electron chi connectivity index (χ2n) is 6.69. The quantitative estimate of drug-likeness (QED) is 0.667. The van der Waals surface area contributed by atoms with Gasteiger partial charge in [-0.05, 0) is 49.6 Å². The Labute approximate surface area is 170 Å². The summed E-state index contributed by atoms with van der Waals surface area (Å²) >= 11 is 0. The molecule has 0 radical (unpaired) electrons. The predicted octanol–water partition coefficient (Wildman–Crippen LogP) is 2.54. The summed E-state index contributed by atoms with van der Waals surface area (Å²) in [5.74, 6) is -0.732. The molecule has 0 aliphatic heterocycles. The number of para-hydroxylation sites is 1. The number of amides is 2. The number of hydrogen-bond donors (Lipinski definition) is 2. The van der Waals surface area contributed by atoms with Gasteiger partial charge >= 0.3 is 5.97 Å². The van der Waals surface area contributed by atoms with Crippen molar-refractivity contribution in [1.82, 2.24) is 5.32 Å². The topological polar surface area (TPSA) is 93.7 Å². The van der Waals surface area contributed by atoms with E-state index in [0.29, 0.717) is 5.75 Å². The van der Waals surface area contributed by atoms with Crippen molar-refractivity contribution in [3.8, 4) is 5.75 Å². The standard InChI is InChI=1S/C22H26N2O5/c1-14-6-5-7-15(2)21(14)24-19(25)13-23-22(27)16(3)29-20(26)12-17-8-10-18(28-4)11-9-17/h5-11,16H,12-13H2,1-4H3,(H,23,27)(H,24,25). The van der Waals surface area contributed by atoms with Crippen LogP contribution in [0, 0.1) is 13.8 Å². The first-order chi connectivity index (χ1) is 13.8. The van der Waals surface area contributed by atoms with Crippen molar-refractivity contribution in [3.05, 3.63) is 59.2 Å². The molecular formula is C22H26N2O5. The van der Waals surface area contributed by atoms with Crippen molar-refractivity contribution < 1.29 is 23.9 Å². The molecule has 0 aromatic heterocycles. The van der Waals surface area contributed by atoms with Crippen LogP contribution >= 0.6 is 0 Å². The van der Waals surface area contributed by atoms with Gasteiger partial charge in [0, 0.05) is 5.69 Å². The lowest BCUT2D eigenvalue weighted by atomic mass is 10.1. The third-order valence-electron chi connectivity index (χ3n) is 4.35. The van der Waals surface area contributed by atoms with Gasteiger partial charge in [0.1, 0.15) is 5.75 Å². The van der Waals surface area contributed by atoms with Crippen LogP contribution in [-0.4, -0.2) is 37.5 Å². The third-order valence-corrected chi connectivity index (χ3v) is 4.35. The molecule has 0 bridgehead atoms. The van der Waals surface area contributed by atoms with E-state index in [-0.39, 0.29) is 18.9 Å². The fourth-order valence-electron chi connectivity index (χ4n) is 2.71. The summed E-state index contributed by atoms with van der Waals surface area (Å²) in [6.07, 6.45) is -0.969. The molecule has 2 rings (SSSR count). The lowest BCUT2D eigenvalue weighted by molar-refractivity contribution is -0.154. The molecule has 7 heteroatoms. The maximum absolute atomic E-state index is 12.1. The average Bonchev–Trinajstić information content (AvgIpc) is 2.69. The number of methoxy groups -OCH3 is 1. The van der Waals surface area contributed by atoms with Gasteiger partial charge in [-0.25, -0.2) is 0 Å². The molecule has 0 saturated carbocycles. The fourth-order valence-corrected chi connectivity index (χ4v) is 2.71. The minimum atomic E-state index is -1.01. The van der Waals surface area contributed by atoms with E-state index in [1.165, 1.54) is 6.92 Å². The van der Waals surface area contributed by atoms with Crippen LogP contribution in [0.5, 0.6) is 5.75 Å². The molecule has 0 spiro atoms. The maximum Gasteiger partial charge on any atom is 0.311 e. The van der Waals surface area contributed by atoms with Gasteiger partial charge in [0.2, 0.25) is 5.91 Å². The Morgan fingerprint density at radius 1 is 1.00 bits per heavy atom. The fraction of sp³-hybridized carbons (Fsp3) is 0.318. The molecule has 2 aromatic carbocycles. The van der Waals surface area contributed by atoms with Crippen molar-refractivity contribution in [2.75, 3.05) is 19.0 Å². The molecule has 0 aliphatic rings. The number of esters is 1. The Balaban J connectivity index is 1.79. The molecule has 2 aromatic rings. The van der Waals surface area contributed by atoms with E-state index in [2.05, 4.69) is 10.6 Å². The van der Waals surface area contributed by atoms with Crippen molar-refractivity contribution in [1.29, 1.82) is 0 Å². The van der Waals surface area contributed by atoms with Crippen LogP contribution in [0.15, 0.2) is 42.5 Å². The molecule has 0 saturated heterocycles. The SMILES string of the molecule is COc1ccc(CC(=O)OC(C)C(=O)NCC(=O)Nc2c(C)cccc2C)cc1. The Bertz CT molecular complexity index is 857. The summed E-state index contributed by atoms with van der Waals surface area (Å²) in [5.41, 5.74) is 3.35. The molecule has 0 fully saturated rings. The normalized spacial score (nSPS) is 11.3. The highest BCUT2D eigenvalue weighted by molar-refractivity contribution is 5.96. The molecular weight excluding hydrogens is 372 g/mol. The zero-order valence-electron chi connectivity index (χ0n) is 17.1. The highest BCUT2D eigenvalue weighted by atomic mass is 16.5. The first-order valence-corrected chi connectivity index (χ1v) is 9.26. The molecule has 1 atom stereocenters. The van der Waals surface area contributed by atoms with E-state index < -0.39 is 18.0 Å². The van der Waals surface area contributed by atoms with Crippen LogP contribution in [0.2, 0.25) is 0 Å². The van der Waals surface area contributed by atoms with Gasteiger partial charge in [0.15, 0.2) is 6.10 Å². The highest BCUT2D eigenvalue weighted by Crippen LogP contribution is 2.19. The van der Waals surface area contributed by atoms with Gasteiger partial charge < -0.3 is 20.1 Å². The number of nitrogens with one attached hydrogen (secondary N) is 2. The van der Waals surface area contributed by atoms with Crippen molar-refractivity contribution in [2.24, 2.45) is 0 Å². The van der Waals surface area contributed by atoms with Gasteiger partial charge in [-0.1, -0.05) is 30.3 Å². The number of hydrogen-bond acceptors (Lipinski definition) is 5. The molecule has 0 heterocycles. The molecule has 7 nitrogen and oxygen atoms in total. The summed E-state index contributed by atoms with van der Waals surface area (Å²) in [5, 5.41) is 5.26. The van der Waals surface area contributed by atoms with Crippen molar-refractivity contribution in [2.45, 2.75) is 33.3 Å². The molecule has 29 heavy (non-hydrogen) atoms. The van der Waals surface area contributed by atoms with Crippen LogP contribution in [0.1, 0.15) is 23.6 Å². The summed E-state index contributed by atoms with van der Waals surface area (Å²) in [4.78, 5) is 36.3. The number of anilines is 1. The van der Waals surface area contributed by atoms with Gasteiger partial charge in [-0.15, -0.1) is 0 Å². The van der Waals surface area contributed by atoms with Gasteiger partial charge in [0.25, 0.3) is 5.91 Å². The van der Waals surface area contributed by atoms with Gasteiger partial charge in [-0.2, -0.15) is 0 Å². The van der Waals surface area contributed by atoms with Crippen LogP contribution in [0.3, 0.4) is 0 Å². The maximum atomic E-state index is 12.1. The second-order valence-corrected chi connectivity index (χ2v) is 6.69. The molecule has 0 aliphatic carbocycles. The molecule has 154 valence electrons. The molecule has 2 N–H and O–H groups in total. The third kappa shape index (κ3) is 6.64. The van der Waals surface area contributed by atoms with E-state index in [9.17, 15) is 14.4 Å². The first kappa shape index (κ1) is 21.9. The van der Waals surface area contributed by atoms with Crippen LogP contribution in [0.25, 0.3) is 0 Å². The van der Waals surface area contributed by atoms with E-state index >= 15 is 0 Å². The minimum Gasteiger partial charge on any atom is -0.497 e. The molecule has 2 amide bonds. The van der Waals surface area contributed by atoms with Crippen molar-refractivity contribution >= 4 is 23.5 Å². The Morgan fingerprint density at radius 2 is 1.62 bits per heavy atom. The smallest absolute Gasteiger partial charge is 0.311 e. The van der Waals surface area contributed by atoms with Crippen molar-refractivity contribution in [3.63, 3.8) is 0 Å². The Kier molecular flexibility index (Phi) is 7.77. The van der Waals surface area contributed by atoms with Gasteiger partial charge in [-0.3, -0.25) is 14.4 Å². The number of benzene rings is 2. The summed E-state index contributed by atoms with van der Waals surface area (Å²) in [6.45, 7) is 5.04. The van der Waals surface area contributed by atoms with E-state index in [0.717, 1.165) is 22.4 Å². The summed E-state index contributed by atoms with van der Waals surface area (Å²) in [7, 11) is 1.56. The number of aryl methyl sites for hydroxylation is 2. The lowest BCUT2D eigenvalue weighted by Gasteiger charge is -2.15. The number of carbonyl (C=O) groups excluding carboxylic acids is 3. The summed E-state index contributed by atoms with van der Waals surface area (Å²) < 4.78 is 10.2. The Hall–Kier alpha value is -3.35. The minimum absolute atomic E-state index is 0.0364. The monoisotopic (exact) mass is 398 g/mol. The first-order valence-electron chi connectivity index (χ1n) is 9.26. The van der Waals surface area contributed by atoms with Crippen LogP contribution in [0.4, 0.5) is 5.69 Å². The zero-order valence-corrected chi connectivity index (χ0v) is 17.1. The number of rotatable bonds is 8.